The van der Waals surface area contributed by atoms with E-state index in [-0.39, 0.29) is 5.91 Å². The molecule has 2 heterocycles. The van der Waals surface area contributed by atoms with Crippen LogP contribution in [0.5, 0.6) is 11.5 Å². The van der Waals surface area contributed by atoms with Crippen molar-refractivity contribution < 1.29 is 23.8 Å². The Hall–Kier alpha value is -4.20. The van der Waals surface area contributed by atoms with Crippen molar-refractivity contribution >= 4 is 28.9 Å². The average Bonchev–Trinajstić information content (AvgIpc) is 2.90. The summed E-state index contributed by atoms with van der Waals surface area (Å²) in [5, 5.41) is 3.41. The third-order valence-corrected chi connectivity index (χ3v) is 6.78. The molecule has 0 aliphatic carbocycles. The number of hydrogen-bond donors (Lipinski definition) is 1. The highest BCUT2D eigenvalue weighted by atomic mass is 16.5. The Morgan fingerprint density at radius 2 is 1.69 bits per heavy atom. The second kappa shape index (κ2) is 8.78. The number of carbonyl (C=O) groups excluding carboxylic acids is 2. The van der Waals surface area contributed by atoms with Crippen molar-refractivity contribution in [1.29, 1.82) is 0 Å². The first-order valence-electron chi connectivity index (χ1n) is 11.7. The number of benzene rings is 3. The molecule has 36 heavy (non-hydrogen) atoms. The summed E-state index contributed by atoms with van der Waals surface area (Å²) in [4.78, 5) is 29.9. The van der Waals surface area contributed by atoms with Crippen LogP contribution >= 0.6 is 0 Å². The van der Waals surface area contributed by atoms with Crippen molar-refractivity contribution in [3.8, 4) is 22.6 Å². The fourth-order valence-electron chi connectivity index (χ4n) is 5.05. The van der Waals surface area contributed by atoms with Gasteiger partial charge in [-0.15, -0.1) is 0 Å². The molecule has 1 amide bonds. The summed E-state index contributed by atoms with van der Waals surface area (Å²) in [6.07, 6.45) is 0. The van der Waals surface area contributed by atoms with Crippen LogP contribution in [-0.4, -0.2) is 45.4 Å². The maximum Gasteiger partial charge on any atom is 0.337 e. The van der Waals surface area contributed by atoms with Crippen LogP contribution in [0.1, 0.15) is 29.8 Å². The summed E-state index contributed by atoms with van der Waals surface area (Å²) in [6, 6.07) is 17.0. The molecule has 2 aliphatic rings. The van der Waals surface area contributed by atoms with Crippen LogP contribution in [0, 0.1) is 0 Å². The molecule has 8 heteroatoms. The number of amides is 1. The van der Waals surface area contributed by atoms with Crippen molar-refractivity contribution in [2.75, 3.05) is 43.1 Å². The Labute approximate surface area is 210 Å². The van der Waals surface area contributed by atoms with Gasteiger partial charge in [-0.25, -0.2) is 4.79 Å². The zero-order chi connectivity index (χ0) is 25.6. The van der Waals surface area contributed by atoms with Gasteiger partial charge in [0.25, 0.3) is 5.91 Å². The summed E-state index contributed by atoms with van der Waals surface area (Å²) in [7, 11) is 4.60. The smallest absolute Gasteiger partial charge is 0.337 e. The maximum absolute atomic E-state index is 13.6. The summed E-state index contributed by atoms with van der Waals surface area (Å²) in [5.41, 5.74) is 4.84. The van der Waals surface area contributed by atoms with Gasteiger partial charge in [0.05, 0.1) is 50.6 Å². The van der Waals surface area contributed by atoms with Crippen LogP contribution in [0.3, 0.4) is 0 Å². The summed E-state index contributed by atoms with van der Waals surface area (Å²) < 4.78 is 16.3. The van der Waals surface area contributed by atoms with Gasteiger partial charge in [0, 0.05) is 17.7 Å². The molecule has 0 spiro atoms. The number of ether oxygens (including phenoxy) is 3. The van der Waals surface area contributed by atoms with Gasteiger partial charge in [-0.3, -0.25) is 9.69 Å². The molecular weight excluding hydrogens is 458 g/mol. The van der Waals surface area contributed by atoms with E-state index in [0.717, 1.165) is 39.5 Å². The summed E-state index contributed by atoms with van der Waals surface area (Å²) in [6.45, 7) is 4.68. The Bertz CT molecular complexity index is 1370. The van der Waals surface area contributed by atoms with Crippen LogP contribution < -0.4 is 24.6 Å². The number of carbonyl (C=O) groups is 2. The largest absolute Gasteiger partial charge is 0.496 e. The van der Waals surface area contributed by atoms with Gasteiger partial charge in [0.1, 0.15) is 17.0 Å². The Kier molecular flexibility index (Phi) is 5.74. The lowest BCUT2D eigenvalue weighted by Gasteiger charge is -2.47. The van der Waals surface area contributed by atoms with Gasteiger partial charge < -0.3 is 24.4 Å². The lowest BCUT2D eigenvalue weighted by Crippen LogP contribution is -2.58. The van der Waals surface area contributed by atoms with Gasteiger partial charge in [0.15, 0.2) is 0 Å². The summed E-state index contributed by atoms with van der Waals surface area (Å²) in [5.74, 6) is 0.894. The average molecular weight is 488 g/mol. The van der Waals surface area contributed by atoms with E-state index < -0.39 is 11.5 Å². The zero-order valence-corrected chi connectivity index (χ0v) is 21.0. The Balaban J connectivity index is 1.74. The van der Waals surface area contributed by atoms with Crippen molar-refractivity contribution in [2.24, 2.45) is 0 Å². The molecule has 0 unspecified atom stereocenters. The quantitative estimate of drug-likeness (QED) is 0.524. The molecule has 2 aliphatic heterocycles. The fourth-order valence-corrected chi connectivity index (χ4v) is 5.05. The number of rotatable bonds is 5. The van der Waals surface area contributed by atoms with E-state index in [2.05, 4.69) is 10.2 Å². The summed E-state index contributed by atoms with van der Waals surface area (Å²) >= 11 is 0. The van der Waals surface area contributed by atoms with E-state index >= 15 is 0 Å². The van der Waals surface area contributed by atoms with Gasteiger partial charge in [0.2, 0.25) is 0 Å². The second-order valence-corrected chi connectivity index (χ2v) is 9.39. The van der Waals surface area contributed by atoms with E-state index in [1.807, 2.05) is 55.1 Å². The molecule has 8 nitrogen and oxygen atoms in total. The third-order valence-electron chi connectivity index (χ3n) is 6.78. The van der Waals surface area contributed by atoms with Gasteiger partial charge >= 0.3 is 5.97 Å². The number of anilines is 3. The molecule has 0 saturated carbocycles. The fraction of sp³-hybridized carbons (Fsp3) is 0.286. The van der Waals surface area contributed by atoms with Crippen LogP contribution in [0.15, 0.2) is 54.6 Å². The van der Waals surface area contributed by atoms with Gasteiger partial charge in [-0.05, 0) is 55.8 Å². The highest BCUT2D eigenvalue weighted by Gasteiger charge is 2.43. The minimum atomic E-state index is -0.766. The van der Waals surface area contributed by atoms with Crippen molar-refractivity contribution in [1.82, 2.24) is 0 Å². The standard InChI is InChI=1S/C28H29N3O5/c1-28(2)27(33)31-16-30(22-8-6-7-9-24(22)35-4)15-20-18(11-12-21(29-28)25(20)31)19-14-17(26(32)36-5)10-13-23(19)34-3/h6-14,29H,15-16H2,1-5H3. The van der Waals surface area contributed by atoms with Gasteiger partial charge in [-0.1, -0.05) is 18.2 Å². The molecule has 3 aromatic carbocycles. The normalized spacial score (nSPS) is 15.6. The van der Waals surface area contributed by atoms with Crippen molar-refractivity contribution in [2.45, 2.75) is 25.9 Å². The molecule has 0 radical (unpaired) electrons. The number of nitrogens with one attached hydrogen (secondary N) is 1. The monoisotopic (exact) mass is 487 g/mol. The van der Waals surface area contributed by atoms with E-state index in [0.29, 0.717) is 24.5 Å². The number of hydrogen-bond acceptors (Lipinski definition) is 7. The molecule has 1 N–H and O–H groups in total. The first-order chi connectivity index (χ1) is 17.3. The number of para-hydroxylation sites is 2. The predicted molar refractivity (Wildman–Crippen MR) is 139 cm³/mol. The molecule has 0 atom stereocenters. The van der Waals surface area contributed by atoms with Gasteiger partial charge in [-0.2, -0.15) is 0 Å². The third kappa shape index (κ3) is 3.69. The van der Waals surface area contributed by atoms with Crippen molar-refractivity contribution in [3.05, 3.63) is 65.7 Å². The lowest BCUT2D eigenvalue weighted by atomic mass is 9.89. The lowest BCUT2D eigenvalue weighted by molar-refractivity contribution is -0.122. The van der Waals surface area contributed by atoms with Crippen LogP contribution in [-0.2, 0) is 16.1 Å². The van der Waals surface area contributed by atoms with Crippen LogP contribution in [0.25, 0.3) is 11.1 Å². The van der Waals surface area contributed by atoms with Crippen LogP contribution in [0.2, 0.25) is 0 Å². The Morgan fingerprint density at radius 3 is 2.42 bits per heavy atom. The first-order valence-corrected chi connectivity index (χ1v) is 11.7. The minimum absolute atomic E-state index is 0.0247. The molecule has 0 bridgehead atoms. The highest BCUT2D eigenvalue weighted by Crippen LogP contribution is 2.48. The maximum atomic E-state index is 13.6. The topological polar surface area (TPSA) is 80.3 Å². The van der Waals surface area contributed by atoms with Crippen LogP contribution in [0.4, 0.5) is 17.1 Å². The van der Waals surface area contributed by atoms with Crippen molar-refractivity contribution in [3.63, 3.8) is 0 Å². The Morgan fingerprint density at radius 1 is 0.944 bits per heavy atom. The minimum Gasteiger partial charge on any atom is -0.496 e. The zero-order valence-electron chi connectivity index (χ0n) is 21.0. The molecular formula is C28H29N3O5. The second-order valence-electron chi connectivity index (χ2n) is 9.39. The molecule has 186 valence electrons. The predicted octanol–water partition coefficient (Wildman–Crippen LogP) is 4.67. The number of esters is 1. The number of methoxy groups -OCH3 is 3. The molecule has 3 aromatic rings. The molecule has 0 saturated heterocycles. The molecule has 5 rings (SSSR count). The van der Waals surface area contributed by atoms with E-state index in [4.69, 9.17) is 14.2 Å². The first kappa shape index (κ1) is 23.5. The highest BCUT2D eigenvalue weighted by molar-refractivity contribution is 6.10. The SMILES string of the molecule is COC(=O)c1ccc(OC)c(-c2ccc3c4c2CN(c2ccccc2OC)CN4C(=O)C(C)(C)N3)c1. The molecule has 0 aromatic heterocycles. The van der Waals surface area contributed by atoms with E-state index in [1.165, 1.54) is 7.11 Å². The van der Waals surface area contributed by atoms with E-state index in [1.54, 1.807) is 32.4 Å². The molecule has 0 fully saturated rings. The number of nitrogens with zero attached hydrogens (tertiary/aromatic N) is 2. The van der Waals surface area contributed by atoms with E-state index in [9.17, 15) is 9.59 Å².